The minimum absolute atomic E-state index is 0.0239. The zero-order valence-corrected chi connectivity index (χ0v) is 17.6. The molecule has 0 radical (unpaired) electrons. The van der Waals surface area contributed by atoms with Crippen LogP contribution in [0.5, 0.6) is 5.88 Å². The fraction of sp³-hybridized carbons (Fsp3) is 0.455. The first-order valence-corrected chi connectivity index (χ1v) is 10.6. The Morgan fingerprint density at radius 3 is 2.77 bits per heavy atom. The number of aromatic nitrogens is 4. The molecular formula is C22H26N6O3. The van der Waals surface area contributed by atoms with Crippen molar-refractivity contribution in [2.45, 2.75) is 19.1 Å². The first-order chi connectivity index (χ1) is 15.2. The number of piperazine rings is 1. The van der Waals surface area contributed by atoms with Crippen LogP contribution in [0.2, 0.25) is 0 Å². The molecule has 2 aliphatic rings. The first kappa shape index (κ1) is 19.9. The van der Waals surface area contributed by atoms with E-state index >= 15 is 0 Å². The molecule has 0 aliphatic carbocycles. The van der Waals surface area contributed by atoms with Gasteiger partial charge < -0.3 is 18.9 Å². The van der Waals surface area contributed by atoms with E-state index in [1.165, 1.54) is 4.57 Å². The topological polar surface area (TPSA) is 85.6 Å². The average Bonchev–Trinajstić information content (AvgIpc) is 3.30. The van der Waals surface area contributed by atoms with Crippen molar-refractivity contribution in [2.75, 3.05) is 44.3 Å². The van der Waals surface area contributed by atoms with E-state index in [1.807, 2.05) is 6.07 Å². The summed E-state index contributed by atoms with van der Waals surface area (Å²) < 4.78 is 13.0. The van der Waals surface area contributed by atoms with E-state index in [4.69, 9.17) is 9.47 Å². The third-order valence-corrected chi connectivity index (χ3v) is 5.91. The second-order valence-corrected chi connectivity index (χ2v) is 8.08. The van der Waals surface area contributed by atoms with Crippen molar-refractivity contribution in [2.24, 2.45) is 7.05 Å². The van der Waals surface area contributed by atoms with Crippen molar-refractivity contribution in [3.05, 3.63) is 53.0 Å². The molecule has 2 aromatic heterocycles. The summed E-state index contributed by atoms with van der Waals surface area (Å²) in [4.78, 5) is 29.7. The lowest BCUT2D eigenvalue weighted by molar-refractivity contribution is 0.139. The molecule has 0 saturated carbocycles. The van der Waals surface area contributed by atoms with Crippen molar-refractivity contribution in [1.82, 2.24) is 24.4 Å². The maximum atomic E-state index is 11.8. The fourth-order valence-corrected chi connectivity index (χ4v) is 4.05. The number of anilines is 1. The van der Waals surface area contributed by atoms with Crippen molar-refractivity contribution < 1.29 is 9.47 Å². The van der Waals surface area contributed by atoms with Gasteiger partial charge in [0, 0.05) is 57.9 Å². The Kier molecular flexibility index (Phi) is 5.52. The molecule has 5 rings (SSSR count). The van der Waals surface area contributed by atoms with E-state index in [0.717, 1.165) is 61.5 Å². The second-order valence-electron chi connectivity index (χ2n) is 8.08. The van der Waals surface area contributed by atoms with Crippen LogP contribution in [-0.2, 0) is 18.3 Å². The van der Waals surface area contributed by atoms with Crippen LogP contribution in [0, 0.1) is 0 Å². The molecule has 31 heavy (non-hydrogen) atoms. The molecule has 4 heterocycles. The molecule has 2 saturated heterocycles. The number of fused-ring (bicyclic) bond motifs is 1. The van der Waals surface area contributed by atoms with E-state index in [1.54, 1.807) is 25.8 Å². The summed E-state index contributed by atoms with van der Waals surface area (Å²) in [6, 6.07) is 7.88. The molecule has 9 nitrogen and oxygen atoms in total. The minimum Gasteiger partial charge on any atom is -0.471 e. The summed E-state index contributed by atoms with van der Waals surface area (Å²) in [5, 5.41) is 0.929. The third kappa shape index (κ3) is 4.38. The van der Waals surface area contributed by atoms with E-state index in [-0.39, 0.29) is 11.7 Å². The zero-order valence-electron chi connectivity index (χ0n) is 17.6. The Morgan fingerprint density at radius 1 is 1.13 bits per heavy atom. The number of ether oxygens (including phenoxy) is 2. The highest BCUT2D eigenvalue weighted by atomic mass is 16.5. The van der Waals surface area contributed by atoms with Gasteiger partial charge in [0.15, 0.2) is 0 Å². The quantitative estimate of drug-likeness (QED) is 0.607. The maximum absolute atomic E-state index is 11.8. The second kappa shape index (κ2) is 8.60. The van der Waals surface area contributed by atoms with Crippen LogP contribution in [0.4, 0.5) is 5.69 Å². The van der Waals surface area contributed by atoms with Crippen LogP contribution in [0.15, 0.2) is 41.7 Å². The highest BCUT2D eigenvalue weighted by Crippen LogP contribution is 2.29. The number of benzene rings is 1. The first-order valence-electron chi connectivity index (χ1n) is 10.6. The van der Waals surface area contributed by atoms with Crippen LogP contribution in [-0.4, -0.2) is 69.9 Å². The lowest BCUT2D eigenvalue weighted by Gasteiger charge is -2.36. The summed E-state index contributed by atoms with van der Waals surface area (Å²) in [7, 11) is 1.71. The van der Waals surface area contributed by atoms with Crippen LogP contribution >= 0.6 is 0 Å². The molecule has 0 spiro atoms. The Morgan fingerprint density at radius 2 is 2.00 bits per heavy atom. The zero-order chi connectivity index (χ0) is 21.2. The van der Waals surface area contributed by atoms with Gasteiger partial charge in [0.05, 0.1) is 36.1 Å². The lowest BCUT2D eigenvalue weighted by Crippen LogP contribution is -2.46. The maximum Gasteiger partial charge on any atom is 0.253 e. The smallest absolute Gasteiger partial charge is 0.253 e. The number of rotatable bonds is 5. The molecule has 1 aromatic carbocycles. The highest BCUT2D eigenvalue weighted by Gasteiger charge is 2.21. The summed E-state index contributed by atoms with van der Waals surface area (Å²) >= 11 is 0. The molecule has 3 aromatic rings. The molecule has 0 amide bonds. The predicted molar refractivity (Wildman–Crippen MR) is 116 cm³/mol. The normalized spacial score (nSPS) is 19.8. The van der Waals surface area contributed by atoms with Gasteiger partial charge in [-0.1, -0.05) is 0 Å². The third-order valence-electron chi connectivity index (χ3n) is 5.91. The van der Waals surface area contributed by atoms with Gasteiger partial charge in [-0.3, -0.25) is 9.69 Å². The van der Waals surface area contributed by atoms with E-state index in [2.05, 4.69) is 36.9 Å². The lowest BCUT2D eigenvalue weighted by atomic mass is 10.1. The van der Waals surface area contributed by atoms with Gasteiger partial charge in [0.2, 0.25) is 5.88 Å². The van der Waals surface area contributed by atoms with Gasteiger partial charge in [-0.2, -0.15) is 0 Å². The molecule has 0 bridgehead atoms. The van der Waals surface area contributed by atoms with Gasteiger partial charge in [0.1, 0.15) is 12.4 Å². The molecular weight excluding hydrogens is 396 g/mol. The van der Waals surface area contributed by atoms with Gasteiger partial charge >= 0.3 is 0 Å². The molecule has 0 N–H and O–H groups in total. The average molecular weight is 422 g/mol. The van der Waals surface area contributed by atoms with Crippen LogP contribution < -0.4 is 15.2 Å². The van der Waals surface area contributed by atoms with E-state index in [0.29, 0.717) is 19.0 Å². The Bertz CT molecular complexity index is 1120. The summed E-state index contributed by atoms with van der Waals surface area (Å²) in [6.07, 6.45) is 4.07. The number of nitrogens with zero attached hydrogens (tertiary/aromatic N) is 6. The molecule has 1 unspecified atom stereocenters. The van der Waals surface area contributed by atoms with Crippen molar-refractivity contribution in [3.8, 4) is 5.88 Å². The van der Waals surface area contributed by atoms with Crippen LogP contribution in [0.1, 0.15) is 12.1 Å². The largest absolute Gasteiger partial charge is 0.471 e. The highest BCUT2D eigenvalue weighted by molar-refractivity contribution is 5.86. The standard InChI is InChI=1S/C22H26N6O3/c1-26-15-25-16(10-21(26)29)12-27-5-7-28(8-6-27)17-2-3-20-19(11-17)22(24-14-23-20)31-18-4-9-30-13-18/h2-3,10-11,14-15,18H,4-9,12-13H2,1H3. The monoisotopic (exact) mass is 422 g/mol. The van der Waals surface area contributed by atoms with Crippen molar-refractivity contribution >= 4 is 16.6 Å². The van der Waals surface area contributed by atoms with Gasteiger partial charge in [0.25, 0.3) is 5.56 Å². The van der Waals surface area contributed by atoms with Crippen molar-refractivity contribution in [1.29, 1.82) is 0 Å². The molecule has 2 aliphatic heterocycles. The Balaban J connectivity index is 1.27. The number of hydrogen-bond acceptors (Lipinski definition) is 8. The van der Waals surface area contributed by atoms with Gasteiger partial charge in [-0.25, -0.2) is 15.0 Å². The summed E-state index contributed by atoms with van der Waals surface area (Å²) in [5.41, 5.74) is 2.81. The SMILES string of the molecule is Cn1cnc(CN2CCN(c3ccc4ncnc(OC5CCOC5)c4c3)CC2)cc1=O. The molecule has 2 fully saturated rings. The molecule has 9 heteroatoms. The molecule has 1 atom stereocenters. The number of aryl methyl sites for hydroxylation is 1. The van der Waals surface area contributed by atoms with Gasteiger partial charge in [-0.15, -0.1) is 0 Å². The van der Waals surface area contributed by atoms with E-state index in [9.17, 15) is 4.79 Å². The Hall–Kier alpha value is -3.04. The van der Waals surface area contributed by atoms with Crippen LogP contribution in [0.25, 0.3) is 10.9 Å². The van der Waals surface area contributed by atoms with Crippen molar-refractivity contribution in [3.63, 3.8) is 0 Å². The van der Waals surface area contributed by atoms with Crippen LogP contribution in [0.3, 0.4) is 0 Å². The molecule has 162 valence electrons. The van der Waals surface area contributed by atoms with E-state index < -0.39 is 0 Å². The predicted octanol–water partition coefficient (Wildman–Crippen LogP) is 1.21. The summed E-state index contributed by atoms with van der Waals surface area (Å²) in [6.45, 7) is 5.64. The van der Waals surface area contributed by atoms with Gasteiger partial charge in [-0.05, 0) is 18.2 Å². The Labute approximate surface area is 180 Å². The minimum atomic E-state index is -0.0239. The fourth-order valence-electron chi connectivity index (χ4n) is 4.05. The number of hydrogen-bond donors (Lipinski definition) is 0. The summed E-state index contributed by atoms with van der Waals surface area (Å²) in [5.74, 6) is 0.623.